The summed E-state index contributed by atoms with van der Waals surface area (Å²) in [5.74, 6) is -0.343. The van der Waals surface area contributed by atoms with Gasteiger partial charge in [0.2, 0.25) is 5.91 Å². The van der Waals surface area contributed by atoms with E-state index in [0.29, 0.717) is 17.2 Å². The van der Waals surface area contributed by atoms with Crippen molar-refractivity contribution in [3.63, 3.8) is 0 Å². The molecule has 1 aliphatic rings. The van der Waals surface area contributed by atoms with E-state index in [2.05, 4.69) is 19.9 Å². The Morgan fingerprint density at radius 3 is 3.13 bits per heavy atom. The molecule has 2 aromatic heterocycles. The van der Waals surface area contributed by atoms with Crippen LogP contribution in [0.2, 0.25) is 0 Å². The summed E-state index contributed by atoms with van der Waals surface area (Å²) in [4.78, 5) is 29.9. The van der Waals surface area contributed by atoms with Crippen molar-refractivity contribution in [1.82, 2.24) is 15.2 Å². The van der Waals surface area contributed by atoms with Gasteiger partial charge in [-0.05, 0) is 24.8 Å². The van der Waals surface area contributed by atoms with Crippen LogP contribution < -0.4 is 4.90 Å². The molecule has 1 amide bonds. The zero-order valence-corrected chi connectivity index (χ0v) is 13.9. The Kier molecular flexibility index (Phi) is 4.42. The topological polar surface area (TPSA) is 88.2 Å². The second kappa shape index (κ2) is 6.49. The highest BCUT2D eigenvalue weighted by Crippen LogP contribution is 2.28. The van der Waals surface area contributed by atoms with E-state index >= 15 is 0 Å². The smallest absolute Gasteiger partial charge is 0.311 e. The van der Waals surface area contributed by atoms with Gasteiger partial charge in [0, 0.05) is 24.0 Å². The molecule has 0 radical (unpaired) electrons. The van der Waals surface area contributed by atoms with Crippen LogP contribution in [0.25, 0.3) is 0 Å². The maximum absolute atomic E-state index is 12.7. The van der Waals surface area contributed by atoms with Crippen molar-refractivity contribution in [2.45, 2.75) is 25.7 Å². The molecular weight excluding hydrogens is 316 g/mol. The third kappa shape index (κ3) is 3.26. The molecule has 1 aliphatic carbocycles. The molecule has 7 nitrogen and oxygen atoms in total. The van der Waals surface area contributed by atoms with Crippen LogP contribution in [0.15, 0.2) is 11.6 Å². The summed E-state index contributed by atoms with van der Waals surface area (Å²) in [7, 11) is 3.08. The van der Waals surface area contributed by atoms with E-state index in [9.17, 15) is 9.59 Å². The molecule has 0 saturated carbocycles. The predicted molar refractivity (Wildman–Crippen MR) is 85.3 cm³/mol. The van der Waals surface area contributed by atoms with E-state index in [1.807, 2.05) is 0 Å². The number of anilines is 1. The van der Waals surface area contributed by atoms with Crippen molar-refractivity contribution < 1.29 is 14.3 Å². The van der Waals surface area contributed by atoms with Crippen LogP contribution in [0.1, 0.15) is 23.4 Å². The first-order valence-electron chi connectivity index (χ1n) is 7.38. The molecule has 3 rings (SSSR count). The average Bonchev–Trinajstić information content (AvgIpc) is 3.21. The van der Waals surface area contributed by atoms with Gasteiger partial charge in [0.05, 0.1) is 25.4 Å². The molecule has 2 aromatic rings. The Hall–Kier alpha value is -2.22. The van der Waals surface area contributed by atoms with Crippen LogP contribution in [-0.2, 0) is 33.6 Å². The Morgan fingerprint density at radius 1 is 1.52 bits per heavy atom. The summed E-state index contributed by atoms with van der Waals surface area (Å²) in [5, 5.41) is 9.40. The zero-order chi connectivity index (χ0) is 16.4. The first-order chi connectivity index (χ1) is 11.1. The number of hydrogen-bond acceptors (Lipinski definition) is 6. The summed E-state index contributed by atoms with van der Waals surface area (Å²) in [6, 6.07) is 0. The van der Waals surface area contributed by atoms with Crippen molar-refractivity contribution in [3.05, 3.63) is 28.5 Å². The number of thiazole rings is 1. The van der Waals surface area contributed by atoms with E-state index in [-0.39, 0.29) is 24.2 Å². The third-order valence-electron chi connectivity index (χ3n) is 4.08. The van der Waals surface area contributed by atoms with Crippen molar-refractivity contribution in [2.24, 2.45) is 5.92 Å². The van der Waals surface area contributed by atoms with E-state index in [1.165, 1.54) is 18.4 Å². The molecule has 0 bridgehead atoms. The first kappa shape index (κ1) is 15.7. The molecule has 0 aliphatic heterocycles. The van der Waals surface area contributed by atoms with Gasteiger partial charge in [0.25, 0.3) is 0 Å². The number of aryl methyl sites for hydroxylation is 1. The van der Waals surface area contributed by atoms with Crippen molar-refractivity contribution in [2.75, 3.05) is 19.1 Å². The number of fused-ring (bicyclic) bond motifs is 1. The van der Waals surface area contributed by atoms with Gasteiger partial charge >= 0.3 is 5.97 Å². The van der Waals surface area contributed by atoms with Gasteiger partial charge in [0.15, 0.2) is 5.13 Å². The maximum Gasteiger partial charge on any atom is 0.311 e. The standard InChI is InChI=1S/C15H18N4O3S/c1-19(15-17-11(8-23-15)6-13(20)22-2)14(21)9-3-4-12-10(5-9)7-16-18-12/h7-9H,3-6H2,1-2H3,(H,16,18)/t9-/m1/s1. The summed E-state index contributed by atoms with van der Waals surface area (Å²) in [6.07, 6.45) is 4.27. The van der Waals surface area contributed by atoms with Crippen molar-refractivity contribution in [3.8, 4) is 0 Å². The number of methoxy groups -OCH3 is 1. The van der Waals surface area contributed by atoms with Crippen LogP contribution in [0.3, 0.4) is 0 Å². The third-order valence-corrected chi connectivity index (χ3v) is 5.04. The molecular formula is C15H18N4O3S. The van der Waals surface area contributed by atoms with E-state index in [4.69, 9.17) is 0 Å². The molecule has 8 heteroatoms. The number of nitrogens with one attached hydrogen (secondary N) is 1. The van der Waals surface area contributed by atoms with Crippen LogP contribution in [0, 0.1) is 5.92 Å². The Balaban J connectivity index is 1.67. The minimum atomic E-state index is -0.337. The molecule has 0 spiro atoms. The number of esters is 1. The fraction of sp³-hybridized carbons (Fsp3) is 0.467. The number of amides is 1. The molecule has 122 valence electrons. The number of nitrogens with zero attached hydrogens (tertiary/aromatic N) is 3. The minimum absolute atomic E-state index is 0.0517. The van der Waals surface area contributed by atoms with Crippen LogP contribution in [0.4, 0.5) is 5.13 Å². The fourth-order valence-corrected chi connectivity index (χ4v) is 3.54. The summed E-state index contributed by atoms with van der Waals surface area (Å²) < 4.78 is 4.63. The number of carbonyl (C=O) groups is 2. The Morgan fingerprint density at radius 2 is 2.35 bits per heavy atom. The number of hydrogen-bond donors (Lipinski definition) is 1. The van der Waals surface area contributed by atoms with Gasteiger partial charge in [-0.3, -0.25) is 19.6 Å². The van der Waals surface area contributed by atoms with Crippen LogP contribution in [0.5, 0.6) is 0 Å². The first-order valence-corrected chi connectivity index (χ1v) is 8.26. The van der Waals surface area contributed by atoms with E-state index < -0.39 is 0 Å². The normalized spacial score (nSPS) is 16.7. The number of rotatable bonds is 4. The van der Waals surface area contributed by atoms with Crippen LogP contribution >= 0.6 is 11.3 Å². The summed E-state index contributed by atoms with van der Waals surface area (Å²) >= 11 is 1.36. The van der Waals surface area contributed by atoms with Crippen LogP contribution in [-0.4, -0.2) is 41.2 Å². The van der Waals surface area contributed by atoms with Crippen molar-refractivity contribution in [1.29, 1.82) is 0 Å². The molecule has 0 fully saturated rings. The zero-order valence-electron chi connectivity index (χ0n) is 13.0. The monoisotopic (exact) mass is 334 g/mol. The Bertz CT molecular complexity index is 724. The summed E-state index contributed by atoms with van der Waals surface area (Å²) in [5.41, 5.74) is 2.87. The number of aromatic amines is 1. The van der Waals surface area contributed by atoms with Gasteiger partial charge in [-0.25, -0.2) is 4.98 Å². The maximum atomic E-state index is 12.7. The molecule has 0 unspecified atom stereocenters. The SMILES string of the molecule is COC(=O)Cc1csc(N(C)C(=O)[C@@H]2CCc3[nH]ncc3C2)n1. The molecule has 0 saturated heterocycles. The van der Waals surface area contributed by atoms with Gasteiger partial charge in [-0.1, -0.05) is 0 Å². The predicted octanol–water partition coefficient (Wildman–Crippen LogP) is 1.35. The lowest BCUT2D eigenvalue weighted by atomic mass is 9.87. The van der Waals surface area contributed by atoms with E-state index in [0.717, 1.165) is 24.1 Å². The minimum Gasteiger partial charge on any atom is -0.469 e. The highest BCUT2D eigenvalue weighted by Gasteiger charge is 2.29. The average molecular weight is 334 g/mol. The fourth-order valence-electron chi connectivity index (χ4n) is 2.75. The van der Waals surface area contributed by atoms with Gasteiger partial charge < -0.3 is 4.74 Å². The number of carbonyl (C=O) groups excluding carboxylic acids is 2. The summed E-state index contributed by atoms with van der Waals surface area (Å²) in [6.45, 7) is 0. The number of aromatic nitrogens is 3. The second-order valence-corrected chi connectivity index (χ2v) is 6.42. The molecule has 0 aromatic carbocycles. The molecule has 1 N–H and O–H groups in total. The lowest BCUT2D eigenvalue weighted by Gasteiger charge is -2.24. The quantitative estimate of drug-likeness (QED) is 0.853. The largest absolute Gasteiger partial charge is 0.469 e. The van der Waals surface area contributed by atoms with E-state index in [1.54, 1.807) is 23.5 Å². The number of H-pyrrole nitrogens is 1. The van der Waals surface area contributed by atoms with Crippen molar-refractivity contribution >= 4 is 28.3 Å². The van der Waals surface area contributed by atoms with Gasteiger partial charge in [-0.15, -0.1) is 11.3 Å². The van der Waals surface area contributed by atoms with Gasteiger partial charge in [0.1, 0.15) is 0 Å². The number of ether oxygens (including phenoxy) is 1. The highest BCUT2D eigenvalue weighted by molar-refractivity contribution is 7.14. The van der Waals surface area contributed by atoms with Gasteiger partial charge in [-0.2, -0.15) is 5.10 Å². The second-order valence-electron chi connectivity index (χ2n) is 5.59. The molecule has 2 heterocycles. The molecule has 23 heavy (non-hydrogen) atoms. The molecule has 1 atom stereocenters. The Labute approximate surface area is 137 Å². The highest BCUT2D eigenvalue weighted by atomic mass is 32.1. The lowest BCUT2D eigenvalue weighted by Crippen LogP contribution is -2.35. The lowest BCUT2D eigenvalue weighted by molar-refractivity contribution is -0.139.